The van der Waals surface area contributed by atoms with Gasteiger partial charge < -0.3 is 14.9 Å². The molecule has 10 heteroatoms. The third kappa shape index (κ3) is 6.55. The van der Waals surface area contributed by atoms with Gasteiger partial charge in [0.05, 0.1) is 10.4 Å². The number of hydrogen-bond donors (Lipinski definition) is 1. The first-order valence-electron chi connectivity index (χ1n) is 11.9. The van der Waals surface area contributed by atoms with Crippen LogP contribution in [0.2, 0.25) is 0 Å². The predicted molar refractivity (Wildman–Crippen MR) is 129 cm³/mol. The highest BCUT2D eigenvalue weighted by molar-refractivity contribution is 7.12. The highest BCUT2D eigenvalue weighted by atomic mass is 32.1. The van der Waals surface area contributed by atoms with Gasteiger partial charge in [0, 0.05) is 51.4 Å². The van der Waals surface area contributed by atoms with Crippen LogP contribution in [0.5, 0.6) is 0 Å². The molecule has 0 saturated carbocycles. The van der Waals surface area contributed by atoms with Gasteiger partial charge in [-0.3, -0.25) is 14.5 Å². The molecular formula is C25H30F3N3O3S. The first kappa shape index (κ1) is 25.5. The van der Waals surface area contributed by atoms with Crippen LogP contribution < -0.4 is 4.90 Å². The molecule has 2 aliphatic rings. The van der Waals surface area contributed by atoms with Gasteiger partial charge in [-0.25, -0.2) is 0 Å². The van der Waals surface area contributed by atoms with Crippen molar-refractivity contribution < 1.29 is 27.9 Å². The number of piperidine rings is 1. The molecular weight excluding hydrogens is 479 g/mol. The summed E-state index contributed by atoms with van der Waals surface area (Å²) in [5, 5.41) is 11.2. The van der Waals surface area contributed by atoms with Crippen molar-refractivity contribution in [3.8, 4) is 0 Å². The van der Waals surface area contributed by atoms with Gasteiger partial charge >= 0.3 is 12.1 Å². The van der Waals surface area contributed by atoms with E-state index < -0.39 is 17.7 Å². The molecule has 1 amide bonds. The molecule has 1 aromatic carbocycles. The Kier molecular flexibility index (Phi) is 8.01. The fourth-order valence-corrected chi connectivity index (χ4v) is 5.79. The number of amides is 1. The van der Waals surface area contributed by atoms with E-state index in [1.807, 2.05) is 27.3 Å². The highest BCUT2D eigenvalue weighted by Crippen LogP contribution is 2.33. The molecule has 1 N–H and O–H groups in total. The normalized spacial score (nSPS) is 21.8. The molecule has 0 bridgehead atoms. The van der Waals surface area contributed by atoms with Crippen molar-refractivity contribution in [2.24, 2.45) is 11.8 Å². The maximum atomic E-state index is 13.1. The molecule has 2 saturated heterocycles. The number of nitrogens with zero attached hydrogens (tertiary/aromatic N) is 3. The van der Waals surface area contributed by atoms with Crippen molar-refractivity contribution in [1.82, 2.24) is 9.80 Å². The summed E-state index contributed by atoms with van der Waals surface area (Å²) in [6.45, 7) is 4.62. The second-order valence-corrected chi connectivity index (χ2v) is 10.2. The third-order valence-corrected chi connectivity index (χ3v) is 7.93. The van der Waals surface area contributed by atoms with Gasteiger partial charge in [-0.05, 0) is 60.9 Å². The zero-order valence-corrected chi connectivity index (χ0v) is 20.2. The van der Waals surface area contributed by atoms with Crippen LogP contribution in [-0.2, 0) is 11.0 Å². The number of carbonyl (C=O) groups is 2. The number of anilines is 1. The zero-order chi connectivity index (χ0) is 25.0. The summed E-state index contributed by atoms with van der Waals surface area (Å²) in [5.41, 5.74) is -0.0585. The predicted octanol–water partition coefficient (Wildman–Crippen LogP) is 4.53. The number of carboxylic acid groups (broad SMARTS) is 1. The number of piperazine rings is 1. The van der Waals surface area contributed by atoms with E-state index in [-0.39, 0.29) is 24.2 Å². The largest absolute Gasteiger partial charge is 0.481 e. The van der Waals surface area contributed by atoms with E-state index in [2.05, 4.69) is 4.90 Å². The van der Waals surface area contributed by atoms with E-state index in [4.69, 9.17) is 0 Å². The number of rotatable bonds is 7. The lowest BCUT2D eigenvalue weighted by Gasteiger charge is -2.40. The Hall–Kier alpha value is -2.59. The minimum Gasteiger partial charge on any atom is -0.481 e. The maximum absolute atomic E-state index is 13.1. The van der Waals surface area contributed by atoms with Crippen molar-refractivity contribution in [3.63, 3.8) is 0 Å². The highest BCUT2D eigenvalue weighted by Gasteiger charge is 2.34. The quantitative estimate of drug-likeness (QED) is 0.594. The van der Waals surface area contributed by atoms with Gasteiger partial charge in [0.25, 0.3) is 5.91 Å². The molecule has 35 heavy (non-hydrogen) atoms. The number of aliphatic carboxylic acids is 1. The van der Waals surface area contributed by atoms with Crippen LogP contribution in [-0.4, -0.2) is 72.6 Å². The van der Waals surface area contributed by atoms with Crippen LogP contribution in [0.4, 0.5) is 18.9 Å². The summed E-state index contributed by atoms with van der Waals surface area (Å²) in [7, 11) is 0. The minimum absolute atomic E-state index is 0.00785. The molecule has 2 fully saturated rings. The molecule has 1 aromatic heterocycles. The third-order valence-electron chi connectivity index (χ3n) is 7.07. The van der Waals surface area contributed by atoms with Crippen molar-refractivity contribution in [2.45, 2.75) is 25.4 Å². The van der Waals surface area contributed by atoms with Gasteiger partial charge in [0.2, 0.25) is 0 Å². The summed E-state index contributed by atoms with van der Waals surface area (Å²) < 4.78 is 39.2. The molecule has 0 unspecified atom stereocenters. The lowest BCUT2D eigenvalue weighted by atomic mass is 9.81. The molecule has 3 heterocycles. The van der Waals surface area contributed by atoms with Crippen LogP contribution in [0.3, 0.4) is 0 Å². The lowest BCUT2D eigenvalue weighted by molar-refractivity contribution is -0.139. The second kappa shape index (κ2) is 11.0. The summed E-state index contributed by atoms with van der Waals surface area (Å²) in [6.07, 6.45) is -2.79. The molecule has 0 radical (unpaired) electrons. The molecule has 0 spiro atoms. The molecule has 6 nitrogen and oxygen atoms in total. The fourth-order valence-electron chi connectivity index (χ4n) is 5.10. The van der Waals surface area contributed by atoms with E-state index in [1.54, 1.807) is 6.07 Å². The van der Waals surface area contributed by atoms with E-state index in [0.29, 0.717) is 43.2 Å². The summed E-state index contributed by atoms with van der Waals surface area (Å²) in [4.78, 5) is 31.0. The first-order chi connectivity index (χ1) is 16.7. The number of likely N-dealkylation sites (tertiary alicyclic amines) is 1. The van der Waals surface area contributed by atoms with Gasteiger partial charge in [0.1, 0.15) is 0 Å². The fraction of sp³-hybridized carbons (Fsp3) is 0.520. The Morgan fingerprint density at radius 3 is 2.46 bits per heavy atom. The smallest absolute Gasteiger partial charge is 0.416 e. The Bertz CT molecular complexity index is 1010. The first-order valence-corrected chi connectivity index (χ1v) is 12.8. The van der Waals surface area contributed by atoms with E-state index in [0.717, 1.165) is 32.1 Å². The summed E-state index contributed by atoms with van der Waals surface area (Å²) in [5.74, 6) is -0.669. The SMILES string of the molecule is O=C(O)C[C@@H]1CCN(C(=O)c2cccs2)C[C@H]1CCN1CCN(c2cccc(C(F)(F)F)c2)CC1. The van der Waals surface area contributed by atoms with Gasteiger partial charge in [-0.1, -0.05) is 12.1 Å². The molecule has 190 valence electrons. The molecule has 2 aromatic rings. The topological polar surface area (TPSA) is 64.1 Å². The molecule has 0 aliphatic carbocycles. The summed E-state index contributed by atoms with van der Waals surface area (Å²) >= 11 is 1.41. The van der Waals surface area contributed by atoms with E-state index in [1.165, 1.54) is 23.5 Å². The monoisotopic (exact) mass is 509 g/mol. The zero-order valence-electron chi connectivity index (χ0n) is 19.4. The number of hydrogen-bond acceptors (Lipinski definition) is 5. The summed E-state index contributed by atoms with van der Waals surface area (Å²) in [6, 6.07) is 9.11. The Balaban J connectivity index is 1.32. The van der Waals surface area contributed by atoms with Crippen molar-refractivity contribution in [2.75, 3.05) is 50.7 Å². The number of benzene rings is 1. The molecule has 2 aliphatic heterocycles. The van der Waals surface area contributed by atoms with Crippen LogP contribution in [0.15, 0.2) is 41.8 Å². The molecule has 4 rings (SSSR count). The van der Waals surface area contributed by atoms with Crippen LogP contribution in [0, 0.1) is 11.8 Å². The van der Waals surface area contributed by atoms with Crippen LogP contribution in [0.25, 0.3) is 0 Å². The van der Waals surface area contributed by atoms with E-state index >= 15 is 0 Å². The van der Waals surface area contributed by atoms with Crippen molar-refractivity contribution >= 4 is 28.9 Å². The lowest BCUT2D eigenvalue weighted by Crippen LogP contribution is -2.48. The number of carbonyl (C=O) groups excluding carboxylic acids is 1. The van der Waals surface area contributed by atoms with Gasteiger partial charge in [-0.15, -0.1) is 11.3 Å². The minimum atomic E-state index is -4.36. The van der Waals surface area contributed by atoms with Crippen molar-refractivity contribution in [1.29, 1.82) is 0 Å². The number of halogens is 3. The maximum Gasteiger partial charge on any atom is 0.416 e. The molecule has 2 atom stereocenters. The van der Waals surface area contributed by atoms with Gasteiger partial charge in [-0.2, -0.15) is 13.2 Å². The van der Waals surface area contributed by atoms with Gasteiger partial charge in [0.15, 0.2) is 0 Å². The standard InChI is InChI=1S/C25H30F3N3O3S/c26-25(27,28)20-3-1-4-21(16-20)30-12-10-29(11-13-30)8-6-19-17-31(9-7-18(19)15-23(32)33)24(34)22-5-2-14-35-22/h1-5,14,16,18-19H,6-13,15,17H2,(H,32,33)/t18-,19+/m0/s1. The van der Waals surface area contributed by atoms with E-state index in [9.17, 15) is 27.9 Å². The average molecular weight is 510 g/mol. The van der Waals surface area contributed by atoms with Crippen LogP contribution >= 0.6 is 11.3 Å². The Morgan fingerprint density at radius 2 is 1.80 bits per heavy atom. The number of carboxylic acids is 1. The van der Waals surface area contributed by atoms with Crippen molar-refractivity contribution in [3.05, 3.63) is 52.2 Å². The Morgan fingerprint density at radius 1 is 1.03 bits per heavy atom. The number of thiophene rings is 1. The second-order valence-electron chi connectivity index (χ2n) is 9.30. The average Bonchev–Trinajstić information content (AvgIpc) is 3.38. The van der Waals surface area contributed by atoms with Crippen LogP contribution in [0.1, 0.15) is 34.5 Å². The number of alkyl halides is 3. The Labute approximate surface area is 206 Å².